The molecule has 0 unspecified atom stereocenters. The van der Waals surface area contributed by atoms with E-state index in [2.05, 4.69) is 15.7 Å². The lowest BCUT2D eigenvalue weighted by Gasteiger charge is -2.12. The maximum atomic E-state index is 11.9. The number of aromatic nitrogens is 2. The van der Waals surface area contributed by atoms with Crippen molar-refractivity contribution in [1.29, 1.82) is 0 Å². The molecule has 1 aromatic heterocycles. The van der Waals surface area contributed by atoms with Crippen LogP contribution in [0.2, 0.25) is 0 Å². The summed E-state index contributed by atoms with van der Waals surface area (Å²) in [6.45, 7) is 0.591. The quantitative estimate of drug-likeness (QED) is 0.811. The zero-order valence-corrected chi connectivity index (χ0v) is 11.0. The standard InChI is InChI=1S/C14H14N4O2/c1-18-13(15-8-9-5-3-2-4-6-9)12-10(17-18)7-11(19)16-14(12)20/h2-6,15H,7-8H2,1H3,(H,16,19,20). The van der Waals surface area contributed by atoms with Gasteiger partial charge in [-0.25, -0.2) is 0 Å². The predicted molar refractivity (Wildman–Crippen MR) is 73.2 cm³/mol. The lowest BCUT2D eigenvalue weighted by atomic mass is 10.1. The van der Waals surface area contributed by atoms with Crippen LogP contribution in [0.1, 0.15) is 21.6 Å². The first-order chi connectivity index (χ1) is 9.65. The molecule has 1 aliphatic heterocycles. The smallest absolute Gasteiger partial charge is 0.263 e. The van der Waals surface area contributed by atoms with Crippen LogP contribution in [-0.2, 0) is 24.8 Å². The summed E-state index contributed by atoms with van der Waals surface area (Å²) in [6.07, 6.45) is 0.141. The van der Waals surface area contributed by atoms with E-state index in [-0.39, 0.29) is 18.2 Å². The first-order valence-electron chi connectivity index (χ1n) is 6.33. The Kier molecular flexibility index (Phi) is 2.98. The van der Waals surface area contributed by atoms with Crippen LogP contribution in [0.25, 0.3) is 0 Å². The molecule has 0 fully saturated rings. The Morgan fingerprint density at radius 2 is 2.05 bits per heavy atom. The monoisotopic (exact) mass is 270 g/mol. The molecule has 2 heterocycles. The molecule has 2 amide bonds. The van der Waals surface area contributed by atoms with Crippen LogP contribution in [0.5, 0.6) is 0 Å². The number of fused-ring (bicyclic) bond motifs is 1. The number of carbonyl (C=O) groups is 2. The molecule has 1 aliphatic rings. The Morgan fingerprint density at radius 1 is 1.30 bits per heavy atom. The van der Waals surface area contributed by atoms with Gasteiger partial charge in [-0.15, -0.1) is 0 Å². The molecule has 0 saturated heterocycles. The molecule has 0 atom stereocenters. The number of rotatable bonds is 3. The minimum atomic E-state index is -0.389. The third-order valence-electron chi connectivity index (χ3n) is 3.23. The van der Waals surface area contributed by atoms with Gasteiger partial charge in [-0.2, -0.15) is 5.10 Å². The fourth-order valence-electron chi connectivity index (χ4n) is 2.31. The molecule has 0 saturated carbocycles. The molecule has 6 heteroatoms. The number of hydrogen-bond donors (Lipinski definition) is 2. The van der Waals surface area contributed by atoms with Crippen molar-refractivity contribution < 1.29 is 9.59 Å². The number of carbonyl (C=O) groups excluding carboxylic acids is 2. The molecule has 0 spiro atoms. The normalized spacial score (nSPS) is 13.8. The van der Waals surface area contributed by atoms with Crippen LogP contribution >= 0.6 is 0 Å². The number of nitrogens with zero attached hydrogens (tertiary/aromatic N) is 2. The zero-order chi connectivity index (χ0) is 14.1. The Hall–Kier alpha value is -2.63. The third kappa shape index (κ3) is 2.16. The topological polar surface area (TPSA) is 76.0 Å². The number of benzene rings is 1. The largest absolute Gasteiger partial charge is 0.366 e. The molecule has 6 nitrogen and oxygen atoms in total. The number of nitrogens with one attached hydrogen (secondary N) is 2. The molecular weight excluding hydrogens is 256 g/mol. The minimum Gasteiger partial charge on any atom is -0.366 e. The maximum Gasteiger partial charge on any atom is 0.263 e. The highest BCUT2D eigenvalue weighted by molar-refractivity contribution is 6.12. The Morgan fingerprint density at radius 3 is 2.80 bits per heavy atom. The van der Waals surface area contributed by atoms with Gasteiger partial charge in [0.05, 0.1) is 12.1 Å². The summed E-state index contributed by atoms with van der Waals surface area (Å²) in [6, 6.07) is 9.87. The van der Waals surface area contributed by atoms with Crippen molar-refractivity contribution in [3.05, 3.63) is 47.2 Å². The van der Waals surface area contributed by atoms with Crippen molar-refractivity contribution >= 4 is 17.6 Å². The van der Waals surface area contributed by atoms with Gasteiger partial charge in [0, 0.05) is 13.6 Å². The van der Waals surface area contributed by atoms with Crippen LogP contribution in [0, 0.1) is 0 Å². The average molecular weight is 270 g/mol. The van der Waals surface area contributed by atoms with Gasteiger partial charge in [0.1, 0.15) is 11.4 Å². The van der Waals surface area contributed by atoms with Gasteiger partial charge in [-0.05, 0) is 5.56 Å². The van der Waals surface area contributed by atoms with Crippen molar-refractivity contribution in [3.63, 3.8) is 0 Å². The molecule has 2 N–H and O–H groups in total. The first-order valence-corrected chi connectivity index (χ1v) is 6.33. The van der Waals surface area contributed by atoms with Crippen LogP contribution in [0.15, 0.2) is 30.3 Å². The fourth-order valence-corrected chi connectivity index (χ4v) is 2.31. The van der Waals surface area contributed by atoms with E-state index in [9.17, 15) is 9.59 Å². The van der Waals surface area contributed by atoms with Gasteiger partial charge in [0.15, 0.2) is 0 Å². The summed E-state index contributed by atoms with van der Waals surface area (Å²) >= 11 is 0. The van der Waals surface area contributed by atoms with Gasteiger partial charge in [-0.3, -0.25) is 19.6 Å². The van der Waals surface area contributed by atoms with E-state index in [1.165, 1.54) is 0 Å². The van der Waals surface area contributed by atoms with E-state index in [0.29, 0.717) is 23.6 Å². The summed E-state index contributed by atoms with van der Waals surface area (Å²) < 4.78 is 1.60. The van der Waals surface area contributed by atoms with E-state index in [4.69, 9.17) is 0 Å². The van der Waals surface area contributed by atoms with Gasteiger partial charge in [-0.1, -0.05) is 30.3 Å². The second-order valence-corrected chi connectivity index (χ2v) is 4.69. The van der Waals surface area contributed by atoms with Crippen LogP contribution in [0.3, 0.4) is 0 Å². The van der Waals surface area contributed by atoms with Crippen LogP contribution in [-0.4, -0.2) is 21.6 Å². The van der Waals surface area contributed by atoms with Gasteiger partial charge >= 0.3 is 0 Å². The SMILES string of the molecule is Cn1nc2c(c1NCc1ccccc1)C(=O)NC(=O)C2. The van der Waals surface area contributed by atoms with Crippen molar-refractivity contribution in [3.8, 4) is 0 Å². The number of aryl methyl sites for hydroxylation is 1. The molecule has 3 rings (SSSR count). The number of imide groups is 1. The van der Waals surface area contributed by atoms with Crippen molar-refractivity contribution in [2.24, 2.45) is 7.05 Å². The van der Waals surface area contributed by atoms with E-state index in [1.54, 1.807) is 11.7 Å². The zero-order valence-electron chi connectivity index (χ0n) is 11.0. The number of anilines is 1. The van der Waals surface area contributed by atoms with Crippen LogP contribution in [0.4, 0.5) is 5.82 Å². The lowest BCUT2D eigenvalue weighted by molar-refractivity contribution is -0.119. The molecular formula is C14H14N4O2. The van der Waals surface area contributed by atoms with Gasteiger partial charge in [0.25, 0.3) is 5.91 Å². The first kappa shape index (κ1) is 12.4. The second-order valence-electron chi connectivity index (χ2n) is 4.69. The van der Waals surface area contributed by atoms with Gasteiger partial charge in [0.2, 0.25) is 5.91 Å². The van der Waals surface area contributed by atoms with E-state index in [1.807, 2.05) is 30.3 Å². The van der Waals surface area contributed by atoms with E-state index >= 15 is 0 Å². The van der Waals surface area contributed by atoms with E-state index < -0.39 is 0 Å². The highest BCUT2D eigenvalue weighted by Crippen LogP contribution is 2.23. The highest BCUT2D eigenvalue weighted by Gasteiger charge is 2.29. The molecule has 0 bridgehead atoms. The third-order valence-corrected chi connectivity index (χ3v) is 3.23. The Labute approximate surface area is 115 Å². The number of hydrogen-bond acceptors (Lipinski definition) is 4. The van der Waals surface area contributed by atoms with E-state index in [0.717, 1.165) is 5.56 Å². The summed E-state index contributed by atoms with van der Waals surface area (Å²) in [5, 5.41) is 9.76. The summed E-state index contributed by atoms with van der Waals surface area (Å²) in [4.78, 5) is 23.3. The number of amides is 2. The predicted octanol–water partition coefficient (Wildman–Crippen LogP) is 0.845. The molecule has 20 heavy (non-hydrogen) atoms. The fraction of sp³-hybridized carbons (Fsp3) is 0.214. The van der Waals surface area contributed by atoms with Crippen molar-refractivity contribution in [1.82, 2.24) is 15.1 Å². The molecule has 0 radical (unpaired) electrons. The molecule has 102 valence electrons. The highest BCUT2D eigenvalue weighted by atomic mass is 16.2. The molecule has 1 aromatic carbocycles. The maximum absolute atomic E-state index is 11.9. The summed E-state index contributed by atoms with van der Waals surface area (Å²) in [5.74, 6) is -0.0658. The van der Waals surface area contributed by atoms with Gasteiger partial charge < -0.3 is 5.32 Å². The average Bonchev–Trinajstić information content (AvgIpc) is 2.73. The molecule has 0 aliphatic carbocycles. The molecule has 2 aromatic rings. The summed E-state index contributed by atoms with van der Waals surface area (Å²) in [5.41, 5.74) is 2.09. The van der Waals surface area contributed by atoms with Crippen molar-refractivity contribution in [2.45, 2.75) is 13.0 Å². The lowest BCUT2D eigenvalue weighted by Crippen LogP contribution is -2.37. The summed E-state index contributed by atoms with van der Waals surface area (Å²) in [7, 11) is 1.75. The Bertz CT molecular complexity index is 676. The van der Waals surface area contributed by atoms with Crippen molar-refractivity contribution in [2.75, 3.05) is 5.32 Å². The second kappa shape index (κ2) is 4.80. The van der Waals surface area contributed by atoms with Crippen LogP contribution < -0.4 is 10.6 Å². The Balaban J connectivity index is 1.87. The minimum absolute atomic E-state index is 0.141.